The van der Waals surface area contributed by atoms with E-state index in [0.717, 1.165) is 45.2 Å². The molecule has 0 aromatic carbocycles. The van der Waals surface area contributed by atoms with Crippen LogP contribution in [0.25, 0.3) is 0 Å². The first-order valence-corrected chi connectivity index (χ1v) is 9.54. The van der Waals surface area contributed by atoms with Crippen LogP contribution in [0.1, 0.15) is 53.7 Å². The minimum absolute atomic E-state index is 0.0854. The zero-order valence-electron chi connectivity index (χ0n) is 16.0. The summed E-state index contributed by atoms with van der Waals surface area (Å²) in [6.07, 6.45) is 4.72. The third-order valence-corrected chi connectivity index (χ3v) is 5.86. The lowest BCUT2D eigenvalue weighted by atomic mass is 9.79. The molecule has 2 heterocycles. The van der Waals surface area contributed by atoms with E-state index in [9.17, 15) is 14.4 Å². The second-order valence-electron chi connectivity index (χ2n) is 7.46. The van der Waals surface area contributed by atoms with Crippen LogP contribution < -0.4 is 16.6 Å². The van der Waals surface area contributed by atoms with E-state index in [1.165, 1.54) is 0 Å². The number of hydrogen-bond donors (Lipinski definition) is 3. The van der Waals surface area contributed by atoms with Crippen molar-refractivity contribution >= 4 is 17.5 Å². The Morgan fingerprint density at radius 1 is 1.15 bits per heavy atom. The second-order valence-corrected chi connectivity index (χ2v) is 7.46. The Hall–Kier alpha value is -2.19. The number of H-pyrrole nitrogens is 1. The Morgan fingerprint density at radius 2 is 1.78 bits per heavy atom. The van der Waals surface area contributed by atoms with Crippen LogP contribution in [-0.4, -0.2) is 53.5 Å². The number of nitrogens with two attached hydrogens (primary N) is 1. The molecule has 0 spiro atoms. The topological polar surface area (TPSA) is 118 Å². The van der Waals surface area contributed by atoms with Crippen molar-refractivity contribution in [3.8, 4) is 0 Å². The fourth-order valence-corrected chi connectivity index (χ4v) is 4.40. The Morgan fingerprint density at radius 3 is 2.37 bits per heavy atom. The van der Waals surface area contributed by atoms with E-state index in [-0.39, 0.29) is 11.5 Å². The molecule has 8 heteroatoms. The standard InChI is InChI=1S/C19H28N4O4/c1-12-14(16(20)24)17(25)21-13(2)15(12)22-18(26)19(6-4-3-5-7-19)23-8-10-27-11-9-23/h3-11H2,1-2H3,(H2,20,24)(H,21,25)(H,22,26). The molecule has 0 bridgehead atoms. The fraction of sp³-hybridized carbons (Fsp3) is 0.632. The summed E-state index contributed by atoms with van der Waals surface area (Å²) in [7, 11) is 0. The molecule has 3 rings (SSSR count). The smallest absolute Gasteiger partial charge is 0.261 e. The molecule has 148 valence electrons. The van der Waals surface area contributed by atoms with Gasteiger partial charge < -0.3 is 20.8 Å². The quantitative estimate of drug-likeness (QED) is 0.726. The van der Waals surface area contributed by atoms with Gasteiger partial charge in [0.2, 0.25) is 5.91 Å². The van der Waals surface area contributed by atoms with E-state index in [0.29, 0.717) is 30.2 Å². The number of aromatic amines is 1. The van der Waals surface area contributed by atoms with Crippen molar-refractivity contribution in [1.29, 1.82) is 0 Å². The maximum Gasteiger partial charge on any atom is 0.261 e. The van der Waals surface area contributed by atoms with Gasteiger partial charge in [0.1, 0.15) is 11.1 Å². The van der Waals surface area contributed by atoms with E-state index in [4.69, 9.17) is 10.5 Å². The van der Waals surface area contributed by atoms with E-state index in [1.807, 2.05) is 0 Å². The molecule has 0 unspecified atom stereocenters. The molecule has 4 N–H and O–H groups in total. The predicted molar refractivity (Wildman–Crippen MR) is 102 cm³/mol. The van der Waals surface area contributed by atoms with Crippen LogP contribution in [0, 0.1) is 13.8 Å². The fourth-order valence-electron chi connectivity index (χ4n) is 4.40. The molecule has 1 saturated carbocycles. The van der Waals surface area contributed by atoms with Gasteiger partial charge in [-0.25, -0.2) is 0 Å². The van der Waals surface area contributed by atoms with Gasteiger partial charge in [0, 0.05) is 18.8 Å². The second kappa shape index (κ2) is 7.82. The lowest BCUT2D eigenvalue weighted by Gasteiger charge is -2.46. The third kappa shape index (κ3) is 3.64. The number of nitrogens with one attached hydrogen (secondary N) is 2. The number of morpholine rings is 1. The van der Waals surface area contributed by atoms with Crippen molar-refractivity contribution in [2.45, 2.75) is 51.5 Å². The number of nitrogens with zero attached hydrogens (tertiary/aromatic N) is 1. The Balaban J connectivity index is 1.96. The van der Waals surface area contributed by atoms with E-state index >= 15 is 0 Å². The number of pyridine rings is 1. The van der Waals surface area contributed by atoms with E-state index in [1.54, 1.807) is 13.8 Å². The maximum absolute atomic E-state index is 13.5. The summed E-state index contributed by atoms with van der Waals surface area (Å²) in [6.45, 7) is 6.04. The summed E-state index contributed by atoms with van der Waals surface area (Å²) < 4.78 is 5.46. The predicted octanol–water partition coefficient (Wildman–Crippen LogP) is 1.06. The highest BCUT2D eigenvalue weighted by Crippen LogP contribution is 2.36. The number of primary amides is 1. The molecule has 2 fully saturated rings. The van der Waals surface area contributed by atoms with Crippen molar-refractivity contribution < 1.29 is 14.3 Å². The monoisotopic (exact) mass is 376 g/mol. The van der Waals surface area contributed by atoms with Crippen LogP contribution in [-0.2, 0) is 9.53 Å². The molecular formula is C19H28N4O4. The SMILES string of the molecule is Cc1[nH]c(=O)c(C(N)=O)c(C)c1NC(=O)C1(N2CCOCC2)CCCCC1. The lowest BCUT2D eigenvalue weighted by molar-refractivity contribution is -0.134. The zero-order chi connectivity index (χ0) is 19.6. The highest BCUT2D eigenvalue weighted by molar-refractivity contribution is 6.01. The van der Waals surface area contributed by atoms with Crippen LogP contribution >= 0.6 is 0 Å². The molecule has 27 heavy (non-hydrogen) atoms. The van der Waals surface area contributed by atoms with Crippen LogP contribution in [0.5, 0.6) is 0 Å². The number of carbonyl (C=O) groups is 2. The summed E-state index contributed by atoms with van der Waals surface area (Å²) in [4.78, 5) is 42.0. The number of rotatable bonds is 4. The largest absolute Gasteiger partial charge is 0.379 e. The number of aryl methyl sites for hydroxylation is 1. The summed E-state index contributed by atoms with van der Waals surface area (Å²) >= 11 is 0. The minimum Gasteiger partial charge on any atom is -0.379 e. The molecule has 1 aromatic rings. The number of aromatic nitrogens is 1. The first kappa shape index (κ1) is 19.6. The third-order valence-electron chi connectivity index (χ3n) is 5.86. The van der Waals surface area contributed by atoms with E-state index < -0.39 is 17.0 Å². The first-order valence-electron chi connectivity index (χ1n) is 9.54. The normalized spacial score (nSPS) is 20.2. The summed E-state index contributed by atoms with van der Waals surface area (Å²) in [5, 5.41) is 3.01. The van der Waals surface area contributed by atoms with Gasteiger partial charge in [-0.15, -0.1) is 0 Å². The zero-order valence-corrected chi connectivity index (χ0v) is 16.0. The molecule has 2 aliphatic rings. The summed E-state index contributed by atoms with van der Waals surface area (Å²) in [5.74, 6) is -0.887. The number of ether oxygens (including phenoxy) is 1. The van der Waals surface area contributed by atoms with Gasteiger partial charge in [0.15, 0.2) is 0 Å². The van der Waals surface area contributed by atoms with Gasteiger partial charge in [-0.05, 0) is 32.3 Å². The first-order chi connectivity index (χ1) is 12.9. The summed E-state index contributed by atoms with van der Waals surface area (Å²) in [6, 6.07) is 0. The van der Waals surface area contributed by atoms with Crippen LogP contribution in [0.4, 0.5) is 5.69 Å². The molecule has 1 saturated heterocycles. The average Bonchev–Trinajstić information content (AvgIpc) is 2.65. The van der Waals surface area contributed by atoms with Crippen LogP contribution in [0.2, 0.25) is 0 Å². The maximum atomic E-state index is 13.5. The van der Waals surface area contributed by atoms with Crippen LogP contribution in [0.15, 0.2) is 4.79 Å². The van der Waals surface area contributed by atoms with Gasteiger partial charge in [-0.2, -0.15) is 0 Å². The molecule has 1 aromatic heterocycles. The number of hydrogen-bond acceptors (Lipinski definition) is 5. The molecule has 2 amide bonds. The molecule has 0 atom stereocenters. The van der Waals surface area contributed by atoms with Crippen molar-refractivity contribution in [3.63, 3.8) is 0 Å². The highest BCUT2D eigenvalue weighted by Gasteiger charge is 2.45. The Bertz CT molecular complexity index is 790. The Kier molecular flexibility index (Phi) is 5.67. The Labute approximate surface area is 158 Å². The van der Waals surface area contributed by atoms with Crippen molar-refractivity contribution in [3.05, 3.63) is 27.2 Å². The minimum atomic E-state index is -0.801. The van der Waals surface area contributed by atoms with Gasteiger partial charge in [-0.1, -0.05) is 19.3 Å². The van der Waals surface area contributed by atoms with Crippen molar-refractivity contribution in [2.75, 3.05) is 31.6 Å². The van der Waals surface area contributed by atoms with Gasteiger partial charge in [0.25, 0.3) is 11.5 Å². The van der Waals surface area contributed by atoms with Crippen molar-refractivity contribution in [1.82, 2.24) is 9.88 Å². The summed E-state index contributed by atoms with van der Waals surface area (Å²) in [5.41, 5.74) is 5.52. The molecule has 1 aliphatic carbocycles. The number of carbonyl (C=O) groups excluding carboxylic acids is 2. The van der Waals surface area contributed by atoms with Gasteiger partial charge in [-0.3, -0.25) is 19.3 Å². The van der Waals surface area contributed by atoms with E-state index in [2.05, 4.69) is 15.2 Å². The highest BCUT2D eigenvalue weighted by atomic mass is 16.5. The van der Waals surface area contributed by atoms with Gasteiger partial charge in [0.05, 0.1) is 18.9 Å². The van der Waals surface area contributed by atoms with Crippen molar-refractivity contribution in [2.24, 2.45) is 5.73 Å². The average molecular weight is 376 g/mol. The number of anilines is 1. The number of amides is 2. The molecule has 0 radical (unpaired) electrons. The molecular weight excluding hydrogens is 348 g/mol. The van der Waals surface area contributed by atoms with Crippen LogP contribution in [0.3, 0.4) is 0 Å². The lowest BCUT2D eigenvalue weighted by Crippen LogP contribution is -2.60. The molecule has 1 aliphatic heterocycles. The van der Waals surface area contributed by atoms with Gasteiger partial charge >= 0.3 is 0 Å². The molecule has 8 nitrogen and oxygen atoms in total.